The van der Waals surface area contributed by atoms with Gasteiger partial charge in [0.25, 0.3) is 0 Å². The molecule has 1 atom stereocenters. The van der Waals surface area contributed by atoms with E-state index in [9.17, 15) is 17.6 Å². The number of hydrogen-bond acceptors (Lipinski definition) is 8. The predicted molar refractivity (Wildman–Crippen MR) is 153 cm³/mol. The highest BCUT2D eigenvalue weighted by atomic mass is 32.2. The number of esters is 1. The van der Waals surface area contributed by atoms with Gasteiger partial charge in [0.05, 0.1) is 28.3 Å². The van der Waals surface area contributed by atoms with Crippen LogP contribution in [0.4, 0.5) is 15.8 Å². The Bertz CT molecular complexity index is 1210. The molecule has 1 aliphatic rings. The molecule has 0 saturated heterocycles. The monoisotopic (exact) mass is 581 g/mol. The zero-order valence-electron chi connectivity index (χ0n) is 23.5. The normalized spacial score (nSPS) is 16.7. The van der Waals surface area contributed by atoms with Gasteiger partial charge in [-0.2, -0.15) is 0 Å². The number of carbonyl (C=O) groups excluding carboxylic acids is 1. The first-order valence-electron chi connectivity index (χ1n) is 13.3. The Morgan fingerprint density at radius 1 is 1.10 bits per heavy atom. The Kier molecular flexibility index (Phi) is 11.1. The summed E-state index contributed by atoms with van der Waals surface area (Å²) < 4.78 is 58.1. The third kappa shape index (κ3) is 7.46. The van der Waals surface area contributed by atoms with Crippen LogP contribution in [0.15, 0.2) is 46.2 Å². The maximum Gasteiger partial charge on any atom is 0.338 e. The number of unbranched alkanes of at least 4 members (excludes halogenated alkanes) is 2. The Morgan fingerprint density at radius 2 is 1.74 bits per heavy atom. The van der Waals surface area contributed by atoms with Crippen molar-refractivity contribution in [2.45, 2.75) is 68.3 Å². The number of thioether (sulfide) groups is 1. The molecular formula is C29H40FNO6S2. The largest absolute Gasteiger partial charge is 0.489 e. The lowest BCUT2D eigenvalue weighted by molar-refractivity contribution is -0.154. The minimum Gasteiger partial charge on any atom is -0.489 e. The average molecular weight is 582 g/mol. The van der Waals surface area contributed by atoms with E-state index in [0.29, 0.717) is 22.9 Å². The van der Waals surface area contributed by atoms with Crippen molar-refractivity contribution in [2.24, 2.45) is 5.41 Å². The van der Waals surface area contributed by atoms with Gasteiger partial charge in [0.2, 0.25) is 0 Å². The number of carbonyl (C=O) groups is 1. The molecule has 2 aromatic carbocycles. The van der Waals surface area contributed by atoms with Crippen molar-refractivity contribution >= 4 is 38.9 Å². The highest BCUT2D eigenvalue weighted by molar-refractivity contribution is 7.98. The summed E-state index contributed by atoms with van der Waals surface area (Å²) in [5.41, 5.74) is 0.813. The van der Waals surface area contributed by atoms with Crippen LogP contribution in [0, 0.1) is 11.2 Å². The van der Waals surface area contributed by atoms with Crippen LogP contribution in [0.3, 0.4) is 0 Å². The van der Waals surface area contributed by atoms with Gasteiger partial charge in [-0.05, 0) is 49.4 Å². The Morgan fingerprint density at radius 3 is 2.28 bits per heavy atom. The van der Waals surface area contributed by atoms with Crippen LogP contribution in [-0.2, 0) is 24.1 Å². The van der Waals surface area contributed by atoms with Crippen molar-refractivity contribution in [3.05, 3.63) is 42.2 Å². The lowest BCUT2D eigenvalue weighted by Crippen LogP contribution is -2.38. The maximum atomic E-state index is 14.1. The van der Waals surface area contributed by atoms with Gasteiger partial charge in [-0.25, -0.2) is 17.6 Å². The Hall–Kier alpha value is -2.30. The maximum absolute atomic E-state index is 14.1. The van der Waals surface area contributed by atoms with Gasteiger partial charge in [0.1, 0.15) is 18.2 Å². The number of halogens is 1. The molecule has 0 radical (unpaired) electrons. The molecule has 0 bridgehead atoms. The van der Waals surface area contributed by atoms with Crippen molar-refractivity contribution in [2.75, 3.05) is 44.3 Å². The molecule has 0 spiro atoms. The molecule has 216 valence electrons. The molecule has 0 saturated carbocycles. The third-order valence-corrected chi connectivity index (χ3v) is 10.0. The average Bonchev–Trinajstić information content (AvgIpc) is 3.02. The first-order valence-corrected chi connectivity index (χ1v) is 16.2. The zero-order chi connectivity index (χ0) is 28.6. The summed E-state index contributed by atoms with van der Waals surface area (Å²) >= 11 is 1.41. The van der Waals surface area contributed by atoms with E-state index >= 15 is 0 Å². The van der Waals surface area contributed by atoms with Gasteiger partial charge in [0.15, 0.2) is 15.9 Å². The molecule has 0 aromatic heterocycles. The summed E-state index contributed by atoms with van der Waals surface area (Å²) in [7, 11) is -1.09. The van der Waals surface area contributed by atoms with E-state index in [1.54, 1.807) is 18.2 Å². The van der Waals surface area contributed by atoms with E-state index in [1.807, 2.05) is 17.2 Å². The fraction of sp³-hybridized carbons (Fsp3) is 0.552. The predicted octanol–water partition coefficient (Wildman–Crippen LogP) is 6.41. The molecule has 1 aliphatic heterocycles. The smallest absolute Gasteiger partial charge is 0.338 e. The number of ether oxygens (including phenoxy) is 3. The summed E-state index contributed by atoms with van der Waals surface area (Å²) in [5, 5.41) is 0. The van der Waals surface area contributed by atoms with Crippen LogP contribution in [0.25, 0.3) is 0 Å². The molecule has 1 heterocycles. The molecule has 7 nitrogen and oxygen atoms in total. The van der Waals surface area contributed by atoms with Gasteiger partial charge >= 0.3 is 5.97 Å². The second-order valence-corrected chi connectivity index (χ2v) is 12.9. The molecule has 1 unspecified atom stereocenters. The van der Waals surface area contributed by atoms with Gasteiger partial charge in [-0.3, -0.25) is 0 Å². The van der Waals surface area contributed by atoms with Crippen molar-refractivity contribution in [1.29, 1.82) is 0 Å². The lowest BCUT2D eigenvalue weighted by atomic mass is 9.79. The van der Waals surface area contributed by atoms with Gasteiger partial charge in [-0.1, -0.05) is 39.5 Å². The summed E-state index contributed by atoms with van der Waals surface area (Å²) in [6, 6.07) is 9.59. The van der Waals surface area contributed by atoms with E-state index < -0.39 is 27.3 Å². The number of fused-ring (bicyclic) bond motifs is 1. The standard InChI is InChI=1S/C29H40FNO6S2/c1-6-8-14-29(15-9-7-2)19-31(22-12-10-21(30)11-13-22)23-16-26(38-5)24(17-27(23)39(33,34)20-29)37-18-25(35-3)28(32)36-4/h10-13,16-17,25H,6-9,14-15,18-20H2,1-5H3. The van der Waals surface area contributed by atoms with E-state index in [1.165, 1.54) is 38.1 Å². The van der Waals surface area contributed by atoms with E-state index in [0.717, 1.165) is 44.2 Å². The van der Waals surface area contributed by atoms with Crippen LogP contribution in [0.2, 0.25) is 0 Å². The van der Waals surface area contributed by atoms with Crippen molar-refractivity contribution < 1.29 is 31.8 Å². The Balaban J connectivity index is 2.18. The van der Waals surface area contributed by atoms with Crippen LogP contribution in [0.1, 0.15) is 52.4 Å². The topological polar surface area (TPSA) is 82.1 Å². The van der Waals surface area contributed by atoms with Crippen molar-refractivity contribution in [3.8, 4) is 5.75 Å². The van der Waals surface area contributed by atoms with E-state index in [4.69, 9.17) is 14.2 Å². The van der Waals surface area contributed by atoms with Crippen molar-refractivity contribution in [3.63, 3.8) is 0 Å². The van der Waals surface area contributed by atoms with Gasteiger partial charge in [-0.15, -0.1) is 11.8 Å². The molecule has 3 rings (SSSR count). The third-order valence-electron chi connectivity index (χ3n) is 7.26. The fourth-order valence-corrected chi connectivity index (χ4v) is 7.79. The molecule has 0 aliphatic carbocycles. The Labute approximate surface area is 236 Å². The number of anilines is 2. The number of methoxy groups -OCH3 is 2. The fourth-order valence-electron chi connectivity index (χ4n) is 5.12. The molecule has 0 fully saturated rings. The lowest BCUT2D eigenvalue weighted by Gasteiger charge is -2.37. The van der Waals surface area contributed by atoms with Crippen molar-refractivity contribution in [1.82, 2.24) is 0 Å². The minimum absolute atomic E-state index is 0.0195. The molecule has 39 heavy (non-hydrogen) atoms. The van der Waals surface area contributed by atoms with Gasteiger partial charge in [0, 0.05) is 30.8 Å². The summed E-state index contributed by atoms with van der Waals surface area (Å²) in [5.74, 6) is -0.559. The van der Waals surface area contributed by atoms with Crippen LogP contribution < -0.4 is 9.64 Å². The first-order chi connectivity index (χ1) is 18.6. The molecule has 2 aromatic rings. The highest BCUT2D eigenvalue weighted by Gasteiger charge is 2.42. The minimum atomic E-state index is -3.74. The number of nitrogens with zero attached hydrogens (tertiary/aromatic N) is 1. The SMILES string of the molecule is CCCCC1(CCCC)CN(c2ccc(F)cc2)c2cc(SC)c(OCC(OC)C(=O)OC)cc2S(=O)(=O)C1. The van der Waals surface area contributed by atoms with Gasteiger partial charge < -0.3 is 19.1 Å². The summed E-state index contributed by atoms with van der Waals surface area (Å²) in [6.45, 7) is 4.60. The van der Waals surface area contributed by atoms with Crippen LogP contribution in [0.5, 0.6) is 5.75 Å². The zero-order valence-corrected chi connectivity index (χ0v) is 25.1. The highest BCUT2D eigenvalue weighted by Crippen LogP contribution is 2.47. The molecular weight excluding hydrogens is 541 g/mol. The van der Waals surface area contributed by atoms with E-state index in [2.05, 4.69) is 13.8 Å². The van der Waals surface area contributed by atoms with Crippen LogP contribution >= 0.6 is 11.8 Å². The second-order valence-electron chi connectivity index (χ2n) is 10.1. The number of sulfone groups is 1. The second kappa shape index (κ2) is 13.9. The molecule has 0 amide bonds. The van der Waals surface area contributed by atoms with E-state index in [-0.39, 0.29) is 23.1 Å². The number of benzene rings is 2. The summed E-state index contributed by atoms with van der Waals surface area (Å²) in [6.07, 6.45) is 6.25. The number of hydrogen-bond donors (Lipinski definition) is 0. The number of rotatable bonds is 13. The quantitative estimate of drug-likeness (QED) is 0.198. The summed E-state index contributed by atoms with van der Waals surface area (Å²) in [4.78, 5) is 14.9. The van der Waals surface area contributed by atoms with Crippen LogP contribution in [-0.4, -0.2) is 59.9 Å². The molecule has 0 N–H and O–H groups in total. The molecule has 10 heteroatoms. The first kappa shape index (κ1) is 31.2.